The molecule has 0 aliphatic carbocycles. The van der Waals surface area contributed by atoms with Crippen molar-refractivity contribution < 1.29 is 22.4 Å². The lowest BCUT2D eigenvalue weighted by Crippen LogP contribution is -2.41. The molecule has 7 nitrogen and oxygen atoms in total. The summed E-state index contributed by atoms with van der Waals surface area (Å²) in [6.45, 7) is 6.15. The van der Waals surface area contributed by atoms with Gasteiger partial charge in [-0.15, -0.1) is 0 Å². The molecule has 2 heterocycles. The highest BCUT2D eigenvalue weighted by molar-refractivity contribution is 7.89. The van der Waals surface area contributed by atoms with Gasteiger partial charge in [0.25, 0.3) is 0 Å². The molecule has 1 aliphatic heterocycles. The first-order chi connectivity index (χ1) is 13.2. The van der Waals surface area contributed by atoms with Crippen LogP contribution >= 0.6 is 0 Å². The van der Waals surface area contributed by atoms with Crippen molar-refractivity contribution in [1.82, 2.24) is 4.31 Å². The van der Waals surface area contributed by atoms with Gasteiger partial charge in [-0.1, -0.05) is 0 Å². The molecule has 1 aromatic carbocycles. The van der Waals surface area contributed by atoms with Crippen LogP contribution in [-0.2, 0) is 26.2 Å². The van der Waals surface area contributed by atoms with E-state index in [1.807, 2.05) is 19.9 Å². The molecule has 0 spiro atoms. The number of hydrogen-bond acceptors (Lipinski definition) is 6. The van der Waals surface area contributed by atoms with Crippen LogP contribution in [0.2, 0.25) is 0 Å². The number of hydrogen-bond donors (Lipinski definition) is 0. The number of sulfonamides is 1. The second kappa shape index (κ2) is 8.05. The van der Waals surface area contributed by atoms with Crippen molar-refractivity contribution in [3.63, 3.8) is 0 Å². The van der Waals surface area contributed by atoms with Gasteiger partial charge in [-0.2, -0.15) is 0 Å². The standard InChI is InChI=1S/C20H25NO6S/c1-4-28(24,25)21-7-5-15(6-8-21)20(23)26-12-16-11-19(22)27-18-10-14(3)13(2)9-17(16)18/h9-11,15H,4-8,12H2,1-3H3. The van der Waals surface area contributed by atoms with Gasteiger partial charge in [-0.25, -0.2) is 17.5 Å². The number of fused-ring (bicyclic) bond motifs is 1. The Morgan fingerprint density at radius 2 is 1.82 bits per heavy atom. The first kappa shape index (κ1) is 20.5. The van der Waals surface area contributed by atoms with E-state index in [4.69, 9.17) is 9.15 Å². The number of nitrogens with zero attached hydrogens (tertiary/aromatic N) is 1. The van der Waals surface area contributed by atoms with Crippen LogP contribution in [0.4, 0.5) is 0 Å². The Balaban J connectivity index is 1.69. The Morgan fingerprint density at radius 1 is 1.18 bits per heavy atom. The van der Waals surface area contributed by atoms with Crippen molar-refractivity contribution in [2.24, 2.45) is 5.92 Å². The van der Waals surface area contributed by atoms with E-state index in [1.54, 1.807) is 13.0 Å². The van der Waals surface area contributed by atoms with Crippen molar-refractivity contribution in [3.05, 3.63) is 45.3 Å². The Labute approximate surface area is 164 Å². The zero-order chi connectivity index (χ0) is 20.5. The van der Waals surface area contributed by atoms with Crippen LogP contribution in [0.3, 0.4) is 0 Å². The molecule has 0 atom stereocenters. The molecule has 0 amide bonds. The van der Waals surface area contributed by atoms with Crippen molar-refractivity contribution in [3.8, 4) is 0 Å². The molecule has 0 bridgehead atoms. The largest absolute Gasteiger partial charge is 0.461 e. The summed E-state index contributed by atoms with van der Waals surface area (Å²) < 4.78 is 36.0. The second-order valence-corrected chi connectivity index (χ2v) is 9.46. The van der Waals surface area contributed by atoms with Crippen molar-refractivity contribution >= 4 is 27.0 Å². The summed E-state index contributed by atoms with van der Waals surface area (Å²) in [5, 5.41) is 0.749. The number of carbonyl (C=O) groups is 1. The number of benzene rings is 1. The lowest BCUT2D eigenvalue weighted by atomic mass is 9.98. The topological polar surface area (TPSA) is 93.9 Å². The lowest BCUT2D eigenvalue weighted by molar-refractivity contribution is -0.151. The van der Waals surface area contributed by atoms with Gasteiger partial charge in [0.15, 0.2) is 0 Å². The minimum absolute atomic E-state index is 0.0170. The Hall–Kier alpha value is -2.19. The van der Waals surface area contributed by atoms with Crippen LogP contribution in [0.25, 0.3) is 11.0 Å². The third-order valence-electron chi connectivity index (χ3n) is 5.36. The van der Waals surface area contributed by atoms with Gasteiger partial charge in [0, 0.05) is 30.1 Å². The van der Waals surface area contributed by atoms with Gasteiger partial charge < -0.3 is 9.15 Å². The molecule has 1 saturated heterocycles. The predicted molar refractivity (Wildman–Crippen MR) is 106 cm³/mol. The Kier molecular flexibility index (Phi) is 5.90. The number of esters is 1. The van der Waals surface area contributed by atoms with Crippen molar-refractivity contribution in [1.29, 1.82) is 0 Å². The summed E-state index contributed by atoms with van der Waals surface area (Å²) >= 11 is 0. The summed E-state index contributed by atoms with van der Waals surface area (Å²) in [5.74, 6) is -0.637. The molecule has 1 aromatic heterocycles. The summed E-state index contributed by atoms with van der Waals surface area (Å²) in [7, 11) is -3.23. The number of rotatable bonds is 5. The van der Waals surface area contributed by atoms with Crippen molar-refractivity contribution in [2.45, 2.75) is 40.2 Å². The molecule has 28 heavy (non-hydrogen) atoms. The van der Waals surface area contributed by atoms with Gasteiger partial charge >= 0.3 is 11.6 Å². The van der Waals surface area contributed by atoms with E-state index in [0.29, 0.717) is 37.1 Å². The predicted octanol–water partition coefficient (Wildman–Crippen LogP) is 2.51. The summed E-state index contributed by atoms with van der Waals surface area (Å²) in [5.41, 5.74) is 2.66. The molecule has 0 radical (unpaired) electrons. The normalized spacial score (nSPS) is 16.4. The fourth-order valence-electron chi connectivity index (χ4n) is 3.42. The smallest absolute Gasteiger partial charge is 0.336 e. The van der Waals surface area contributed by atoms with Crippen LogP contribution < -0.4 is 5.63 Å². The SMILES string of the molecule is CCS(=O)(=O)N1CCC(C(=O)OCc2cc(=O)oc3cc(C)c(C)cc23)CC1. The van der Waals surface area contributed by atoms with Crippen LogP contribution in [0.15, 0.2) is 27.4 Å². The van der Waals surface area contributed by atoms with Crippen LogP contribution in [0.5, 0.6) is 0 Å². The quantitative estimate of drug-likeness (QED) is 0.558. The fraction of sp³-hybridized carbons (Fsp3) is 0.500. The van der Waals surface area contributed by atoms with Crippen LogP contribution in [-0.4, -0.2) is 37.5 Å². The van der Waals surface area contributed by atoms with Gasteiger partial charge in [0.1, 0.15) is 12.2 Å². The first-order valence-electron chi connectivity index (χ1n) is 9.39. The zero-order valence-electron chi connectivity index (χ0n) is 16.4. The second-order valence-electron chi connectivity index (χ2n) is 7.20. The van der Waals surface area contributed by atoms with E-state index in [-0.39, 0.29) is 24.2 Å². The van der Waals surface area contributed by atoms with E-state index < -0.39 is 15.6 Å². The van der Waals surface area contributed by atoms with Gasteiger partial charge in [0.05, 0.1) is 11.7 Å². The minimum atomic E-state index is -3.23. The Morgan fingerprint density at radius 3 is 2.46 bits per heavy atom. The molecule has 1 aliphatic rings. The minimum Gasteiger partial charge on any atom is -0.461 e. The molecular formula is C20H25NO6S. The van der Waals surface area contributed by atoms with E-state index in [2.05, 4.69) is 0 Å². The number of piperidine rings is 1. The van der Waals surface area contributed by atoms with E-state index in [0.717, 1.165) is 16.5 Å². The average Bonchev–Trinajstić information content (AvgIpc) is 2.67. The third-order valence-corrected chi connectivity index (χ3v) is 7.24. The Bertz CT molecular complexity index is 1050. The number of carbonyl (C=O) groups excluding carboxylic acids is 1. The molecule has 0 saturated carbocycles. The average molecular weight is 407 g/mol. The van der Waals surface area contributed by atoms with Crippen molar-refractivity contribution in [2.75, 3.05) is 18.8 Å². The zero-order valence-corrected chi connectivity index (χ0v) is 17.2. The highest BCUT2D eigenvalue weighted by Gasteiger charge is 2.31. The highest BCUT2D eigenvalue weighted by atomic mass is 32.2. The summed E-state index contributed by atoms with van der Waals surface area (Å²) in [6.07, 6.45) is 0.877. The molecule has 3 rings (SSSR count). The first-order valence-corrected chi connectivity index (χ1v) is 11.0. The van der Waals surface area contributed by atoms with E-state index in [1.165, 1.54) is 10.4 Å². The fourth-order valence-corrected chi connectivity index (χ4v) is 4.55. The molecule has 1 fully saturated rings. The number of aryl methyl sites for hydroxylation is 2. The van der Waals surface area contributed by atoms with Crippen LogP contribution in [0, 0.1) is 19.8 Å². The summed E-state index contributed by atoms with van der Waals surface area (Å²) in [6, 6.07) is 5.08. The van der Waals surface area contributed by atoms with Gasteiger partial charge in [0.2, 0.25) is 10.0 Å². The highest BCUT2D eigenvalue weighted by Crippen LogP contribution is 2.24. The maximum Gasteiger partial charge on any atom is 0.336 e. The molecule has 8 heteroatoms. The number of ether oxygens (including phenoxy) is 1. The van der Waals surface area contributed by atoms with Crippen LogP contribution in [0.1, 0.15) is 36.5 Å². The summed E-state index contributed by atoms with van der Waals surface area (Å²) in [4.78, 5) is 24.3. The maximum atomic E-state index is 12.4. The molecule has 0 N–H and O–H groups in total. The van der Waals surface area contributed by atoms with Gasteiger partial charge in [-0.3, -0.25) is 4.79 Å². The monoisotopic (exact) mass is 407 g/mol. The molecule has 0 unspecified atom stereocenters. The van der Waals surface area contributed by atoms with Gasteiger partial charge in [-0.05, 0) is 56.9 Å². The molecule has 2 aromatic rings. The maximum absolute atomic E-state index is 12.4. The van der Waals surface area contributed by atoms with E-state index in [9.17, 15) is 18.0 Å². The molecule has 152 valence electrons. The molecular weight excluding hydrogens is 382 g/mol. The third kappa shape index (κ3) is 4.28. The van der Waals surface area contributed by atoms with E-state index >= 15 is 0 Å². The lowest BCUT2D eigenvalue weighted by Gasteiger charge is -2.29.